The maximum Gasteiger partial charge on any atom is 0.222 e. The zero-order chi connectivity index (χ0) is 13.7. The summed E-state index contributed by atoms with van der Waals surface area (Å²) in [5.41, 5.74) is 5.52. The van der Waals surface area contributed by atoms with Crippen molar-refractivity contribution in [2.24, 2.45) is 16.8 Å². The first-order valence-electron chi connectivity index (χ1n) is 7.07. The third-order valence-electron chi connectivity index (χ3n) is 4.11. The lowest BCUT2D eigenvalue weighted by Crippen LogP contribution is -2.50. The molecule has 2 aliphatic rings. The average molecular weight is 269 g/mol. The number of oxime groups is 1. The van der Waals surface area contributed by atoms with E-state index < -0.39 is 6.10 Å². The molecule has 2 rings (SSSR count). The Morgan fingerprint density at radius 2 is 2.16 bits per heavy atom. The van der Waals surface area contributed by atoms with Crippen molar-refractivity contribution in [1.82, 2.24) is 4.90 Å². The van der Waals surface area contributed by atoms with Gasteiger partial charge in [0.25, 0.3) is 0 Å². The SMILES string of the molecule is NC(=NO)C1CN(C(=O)CCC2CCCC2)CCO1. The molecule has 0 aromatic carbocycles. The number of carbonyl (C=O) groups excluding carboxylic acids is 1. The lowest BCUT2D eigenvalue weighted by molar-refractivity contribution is -0.137. The van der Waals surface area contributed by atoms with Gasteiger partial charge in [0.2, 0.25) is 5.91 Å². The number of ether oxygens (including phenoxy) is 1. The number of hydrogen-bond donors (Lipinski definition) is 2. The number of amidine groups is 1. The first-order valence-corrected chi connectivity index (χ1v) is 7.07. The van der Waals surface area contributed by atoms with Crippen LogP contribution in [0.25, 0.3) is 0 Å². The van der Waals surface area contributed by atoms with E-state index in [9.17, 15) is 4.79 Å². The van der Waals surface area contributed by atoms with Crippen molar-refractivity contribution in [3.05, 3.63) is 0 Å². The highest BCUT2D eigenvalue weighted by Crippen LogP contribution is 2.28. The molecular weight excluding hydrogens is 246 g/mol. The lowest BCUT2D eigenvalue weighted by Gasteiger charge is -2.32. The molecule has 1 amide bonds. The molecule has 3 N–H and O–H groups in total. The van der Waals surface area contributed by atoms with Crippen molar-refractivity contribution < 1.29 is 14.7 Å². The Kier molecular flexibility index (Phi) is 5.01. The van der Waals surface area contributed by atoms with Gasteiger partial charge in [-0.25, -0.2) is 0 Å². The van der Waals surface area contributed by atoms with E-state index in [1.165, 1.54) is 25.7 Å². The smallest absolute Gasteiger partial charge is 0.222 e. The van der Waals surface area contributed by atoms with Crippen LogP contribution in [0.1, 0.15) is 38.5 Å². The highest BCUT2D eigenvalue weighted by molar-refractivity contribution is 5.85. The maximum atomic E-state index is 12.1. The first kappa shape index (κ1) is 14.1. The molecule has 6 nitrogen and oxygen atoms in total. The Morgan fingerprint density at radius 3 is 2.84 bits per heavy atom. The van der Waals surface area contributed by atoms with Crippen molar-refractivity contribution >= 4 is 11.7 Å². The van der Waals surface area contributed by atoms with Crippen LogP contribution in [0.5, 0.6) is 0 Å². The number of rotatable bonds is 4. The second-order valence-electron chi connectivity index (χ2n) is 5.41. The quantitative estimate of drug-likeness (QED) is 0.344. The van der Waals surface area contributed by atoms with Gasteiger partial charge in [-0.1, -0.05) is 30.8 Å². The van der Waals surface area contributed by atoms with Gasteiger partial charge < -0.3 is 20.6 Å². The summed E-state index contributed by atoms with van der Waals surface area (Å²) in [6.07, 6.45) is 6.27. The molecule has 1 heterocycles. The van der Waals surface area contributed by atoms with Gasteiger partial charge in [0.1, 0.15) is 6.10 Å². The standard InChI is InChI=1S/C13H23N3O3/c14-13(15-18)11-9-16(7-8-19-11)12(17)6-5-10-3-1-2-4-10/h10-11,18H,1-9H2,(H2,14,15). The van der Waals surface area contributed by atoms with Crippen molar-refractivity contribution in [3.8, 4) is 0 Å². The molecule has 0 radical (unpaired) electrons. The van der Waals surface area contributed by atoms with Crippen LogP contribution in [0.4, 0.5) is 0 Å². The molecule has 1 aliphatic carbocycles. The molecule has 0 aromatic rings. The van der Waals surface area contributed by atoms with E-state index in [0.717, 1.165) is 12.3 Å². The predicted molar refractivity (Wildman–Crippen MR) is 70.9 cm³/mol. The Hall–Kier alpha value is -1.30. The monoisotopic (exact) mass is 269 g/mol. The van der Waals surface area contributed by atoms with E-state index in [0.29, 0.717) is 26.1 Å². The third kappa shape index (κ3) is 3.83. The Labute approximate surface area is 113 Å². The van der Waals surface area contributed by atoms with E-state index in [2.05, 4.69) is 5.16 Å². The molecule has 2 fully saturated rings. The summed E-state index contributed by atoms with van der Waals surface area (Å²) >= 11 is 0. The van der Waals surface area contributed by atoms with Crippen LogP contribution >= 0.6 is 0 Å². The van der Waals surface area contributed by atoms with Gasteiger partial charge in [0, 0.05) is 13.0 Å². The minimum absolute atomic E-state index is 0.0355. The van der Waals surface area contributed by atoms with Crippen LogP contribution in [-0.4, -0.2) is 47.7 Å². The molecular formula is C13H23N3O3. The summed E-state index contributed by atoms with van der Waals surface area (Å²) in [7, 11) is 0. The summed E-state index contributed by atoms with van der Waals surface area (Å²) in [6, 6.07) is 0. The zero-order valence-corrected chi connectivity index (χ0v) is 11.3. The van der Waals surface area contributed by atoms with Gasteiger partial charge in [-0.3, -0.25) is 4.79 Å². The number of nitrogens with zero attached hydrogens (tertiary/aromatic N) is 2. The van der Waals surface area contributed by atoms with E-state index >= 15 is 0 Å². The summed E-state index contributed by atoms with van der Waals surface area (Å²) in [6.45, 7) is 1.42. The van der Waals surface area contributed by atoms with Gasteiger partial charge in [-0.2, -0.15) is 0 Å². The molecule has 1 atom stereocenters. The van der Waals surface area contributed by atoms with Crippen LogP contribution in [-0.2, 0) is 9.53 Å². The predicted octanol–water partition coefficient (Wildman–Crippen LogP) is 0.931. The second-order valence-corrected chi connectivity index (χ2v) is 5.41. The average Bonchev–Trinajstić information content (AvgIpc) is 2.97. The van der Waals surface area contributed by atoms with E-state index in [4.69, 9.17) is 15.7 Å². The molecule has 0 aromatic heterocycles. The van der Waals surface area contributed by atoms with Crippen molar-refractivity contribution in [3.63, 3.8) is 0 Å². The Balaban J connectivity index is 1.78. The van der Waals surface area contributed by atoms with Crippen LogP contribution in [0.2, 0.25) is 0 Å². The van der Waals surface area contributed by atoms with Crippen molar-refractivity contribution in [2.45, 2.75) is 44.6 Å². The van der Waals surface area contributed by atoms with E-state index in [-0.39, 0.29) is 11.7 Å². The van der Waals surface area contributed by atoms with Crippen LogP contribution in [0, 0.1) is 5.92 Å². The van der Waals surface area contributed by atoms with Gasteiger partial charge in [-0.05, 0) is 12.3 Å². The van der Waals surface area contributed by atoms with E-state index in [1.807, 2.05) is 0 Å². The van der Waals surface area contributed by atoms with Gasteiger partial charge in [0.15, 0.2) is 5.84 Å². The van der Waals surface area contributed by atoms with Gasteiger partial charge in [0.05, 0.1) is 13.2 Å². The lowest BCUT2D eigenvalue weighted by atomic mass is 10.0. The highest BCUT2D eigenvalue weighted by atomic mass is 16.5. The molecule has 19 heavy (non-hydrogen) atoms. The minimum atomic E-state index is -0.478. The maximum absolute atomic E-state index is 12.1. The Bertz CT molecular complexity index is 340. The van der Waals surface area contributed by atoms with Crippen molar-refractivity contribution in [1.29, 1.82) is 0 Å². The number of hydrogen-bond acceptors (Lipinski definition) is 4. The number of nitrogens with two attached hydrogens (primary N) is 1. The fourth-order valence-electron chi connectivity index (χ4n) is 2.90. The fourth-order valence-corrected chi connectivity index (χ4v) is 2.90. The number of morpholine rings is 1. The zero-order valence-electron chi connectivity index (χ0n) is 11.3. The first-order chi connectivity index (χ1) is 9.20. The van der Waals surface area contributed by atoms with Crippen LogP contribution in [0.3, 0.4) is 0 Å². The van der Waals surface area contributed by atoms with Gasteiger partial charge >= 0.3 is 0 Å². The summed E-state index contributed by atoms with van der Waals surface area (Å²) in [4.78, 5) is 13.9. The summed E-state index contributed by atoms with van der Waals surface area (Å²) in [5.74, 6) is 0.920. The van der Waals surface area contributed by atoms with Crippen molar-refractivity contribution in [2.75, 3.05) is 19.7 Å². The summed E-state index contributed by atoms with van der Waals surface area (Å²) in [5, 5.41) is 11.6. The minimum Gasteiger partial charge on any atom is -0.409 e. The summed E-state index contributed by atoms with van der Waals surface area (Å²) < 4.78 is 5.38. The molecule has 0 spiro atoms. The molecule has 1 saturated carbocycles. The third-order valence-corrected chi connectivity index (χ3v) is 4.11. The number of carbonyl (C=O) groups is 1. The topological polar surface area (TPSA) is 88.2 Å². The Morgan fingerprint density at radius 1 is 1.42 bits per heavy atom. The fraction of sp³-hybridized carbons (Fsp3) is 0.846. The molecule has 0 bridgehead atoms. The van der Waals surface area contributed by atoms with E-state index in [1.54, 1.807) is 4.90 Å². The molecule has 1 saturated heterocycles. The van der Waals surface area contributed by atoms with Gasteiger partial charge in [-0.15, -0.1) is 0 Å². The largest absolute Gasteiger partial charge is 0.409 e. The van der Waals surface area contributed by atoms with Crippen LogP contribution in [0.15, 0.2) is 5.16 Å². The highest BCUT2D eigenvalue weighted by Gasteiger charge is 2.27. The normalized spacial score (nSPS) is 25.8. The van der Waals surface area contributed by atoms with Crippen LogP contribution < -0.4 is 5.73 Å². The number of amides is 1. The second kappa shape index (κ2) is 6.75. The molecule has 1 aliphatic heterocycles. The molecule has 108 valence electrons. The molecule has 1 unspecified atom stereocenters. The molecule has 6 heteroatoms.